The number of halogens is 1. The van der Waals surface area contributed by atoms with E-state index in [1.807, 2.05) is 63.2 Å². The van der Waals surface area contributed by atoms with E-state index in [9.17, 15) is 9.18 Å². The van der Waals surface area contributed by atoms with Crippen molar-refractivity contribution in [3.05, 3.63) is 101 Å². The molecule has 162 valence electrons. The number of ether oxygens (including phenoxy) is 1. The molecule has 1 amide bonds. The molecule has 0 aliphatic heterocycles. The Kier molecular flexibility index (Phi) is 5.82. The van der Waals surface area contributed by atoms with Gasteiger partial charge in [-0.2, -0.15) is 0 Å². The van der Waals surface area contributed by atoms with Crippen molar-refractivity contribution < 1.29 is 13.9 Å². The zero-order chi connectivity index (χ0) is 22.8. The molecule has 4 aromatic rings. The summed E-state index contributed by atoms with van der Waals surface area (Å²) in [6.07, 6.45) is 0. The fraction of sp³-hybridized carbons (Fsp3) is 0.148. The molecule has 0 aliphatic rings. The number of anilines is 1. The van der Waals surface area contributed by atoms with Gasteiger partial charge < -0.3 is 14.6 Å². The molecule has 5 heteroatoms. The Labute approximate surface area is 187 Å². The number of rotatable bonds is 5. The van der Waals surface area contributed by atoms with Crippen molar-refractivity contribution in [2.75, 3.05) is 12.4 Å². The quantitative estimate of drug-likeness (QED) is 0.396. The SMILES string of the molecule is COc1ccc(-c2cc(C(=O)Nc3ccc(C)c(C)c3)c(C)n2-c2ccccc2F)cc1. The lowest BCUT2D eigenvalue weighted by atomic mass is 10.1. The van der Waals surface area contributed by atoms with Crippen LogP contribution in [0.25, 0.3) is 16.9 Å². The van der Waals surface area contributed by atoms with Crippen molar-refractivity contribution in [1.82, 2.24) is 4.57 Å². The second-order valence-corrected chi connectivity index (χ2v) is 7.80. The molecule has 0 aliphatic carbocycles. The van der Waals surface area contributed by atoms with Gasteiger partial charge in [0.25, 0.3) is 5.91 Å². The fourth-order valence-electron chi connectivity index (χ4n) is 3.77. The molecule has 0 radical (unpaired) electrons. The van der Waals surface area contributed by atoms with E-state index in [1.54, 1.807) is 35.9 Å². The van der Waals surface area contributed by atoms with Crippen LogP contribution in [0.3, 0.4) is 0 Å². The molecule has 32 heavy (non-hydrogen) atoms. The van der Waals surface area contributed by atoms with Crippen LogP contribution in [-0.4, -0.2) is 17.6 Å². The molecule has 0 spiro atoms. The van der Waals surface area contributed by atoms with Gasteiger partial charge in [0, 0.05) is 11.4 Å². The van der Waals surface area contributed by atoms with Crippen molar-refractivity contribution in [1.29, 1.82) is 0 Å². The maximum absolute atomic E-state index is 14.8. The molecule has 1 aromatic heterocycles. The number of amides is 1. The Morgan fingerprint density at radius 1 is 0.906 bits per heavy atom. The van der Waals surface area contributed by atoms with E-state index in [4.69, 9.17) is 4.74 Å². The van der Waals surface area contributed by atoms with E-state index in [2.05, 4.69) is 5.32 Å². The van der Waals surface area contributed by atoms with Crippen molar-refractivity contribution in [2.45, 2.75) is 20.8 Å². The first-order valence-corrected chi connectivity index (χ1v) is 10.4. The van der Waals surface area contributed by atoms with Crippen LogP contribution in [0, 0.1) is 26.6 Å². The Morgan fingerprint density at radius 3 is 2.28 bits per heavy atom. The Bertz CT molecular complexity index is 1290. The van der Waals surface area contributed by atoms with Crippen LogP contribution in [0.4, 0.5) is 10.1 Å². The minimum absolute atomic E-state index is 0.240. The minimum Gasteiger partial charge on any atom is -0.497 e. The van der Waals surface area contributed by atoms with Gasteiger partial charge in [-0.3, -0.25) is 4.79 Å². The molecule has 0 bridgehead atoms. The van der Waals surface area contributed by atoms with Crippen LogP contribution in [0.15, 0.2) is 72.8 Å². The number of para-hydroxylation sites is 1. The highest BCUT2D eigenvalue weighted by Crippen LogP contribution is 2.32. The fourth-order valence-corrected chi connectivity index (χ4v) is 3.77. The molecule has 0 atom stereocenters. The number of nitrogens with zero attached hydrogens (tertiary/aromatic N) is 1. The van der Waals surface area contributed by atoms with E-state index in [-0.39, 0.29) is 11.7 Å². The van der Waals surface area contributed by atoms with E-state index < -0.39 is 0 Å². The van der Waals surface area contributed by atoms with Gasteiger partial charge in [0.1, 0.15) is 11.6 Å². The molecule has 3 aromatic carbocycles. The Balaban J connectivity index is 1.82. The highest BCUT2D eigenvalue weighted by Gasteiger charge is 2.21. The monoisotopic (exact) mass is 428 g/mol. The van der Waals surface area contributed by atoms with Crippen LogP contribution in [0.5, 0.6) is 5.75 Å². The third-order valence-corrected chi connectivity index (χ3v) is 5.74. The average Bonchev–Trinajstić information content (AvgIpc) is 3.13. The minimum atomic E-state index is -0.359. The molecular formula is C27H25FN2O2. The molecule has 0 saturated carbocycles. The summed E-state index contributed by atoms with van der Waals surface area (Å²) in [6.45, 7) is 5.86. The molecule has 4 rings (SSSR count). The highest BCUT2D eigenvalue weighted by molar-refractivity contribution is 6.06. The summed E-state index contributed by atoms with van der Waals surface area (Å²) in [5.41, 5.74) is 6.08. The molecule has 0 saturated heterocycles. The third kappa shape index (κ3) is 4.02. The van der Waals surface area contributed by atoms with E-state index in [0.29, 0.717) is 16.9 Å². The second kappa shape index (κ2) is 8.71. The highest BCUT2D eigenvalue weighted by atomic mass is 19.1. The third-order valence-electron chi connectivity index (χ3n) is 5.74. The topological polar surface area (TPSA) is 43.3 Å². The van der Waals surface area contributed by atoms with Crippen molar-refractivity contribution in [2.24, 2.45) is 0 Å². The number of methoxy groups -OCH3 is 1. The normalized spacial score (nSPS) is 10.8. The number of benzene rings is 3. The van der Waals surface area contributed by atoms with Crippen molar-refractivity contribution in [3.63, 3.8) is 0 Å². The largest absolute Gasteiger partial charge is 0.497 e. The summed E-state index contributed by atoms with van der Waals surface area (Å²) < 4.78 is 21.8. The lowest BCUT2D eigenvalue weighted by Crippen LogP contribution is -2.13. The number of aryl methyl sites for hydroxylation is 2. The van der Waals surface area contributed by atoms with E-state index in [0.717, 1.165) is 33.8 Å². The molecular weight excluding hydrogens is 403 g/mol. The van der Waals surface area contributed by atoms with Gasteiger partial charge >= 0.3 is 0 Å². The van der Waals surface area contributed by atoms with Crippen molar-refractivity contribution in [3.8, 4) is 22.7 Å². The van der Waals surface area contributed by atoms with Crippen LogP contribution in [-0.2, 0) is 0 Å². The van der Waals surface area contributed by atoms with Crippen LogP contribution in [0.2, 0.25) is 0 Å². The molecule has 0 unspecified atom stereocenters. The first kappa shape index (κ1) is 21.4. The summed E-state index contributed by atoms with van der Waals surface area (Å²) in [4.78, 5) is 13.2. The number of hydrogen-bond acceptors (Lipinski definition) is 2. The predicted octanol–water partition coefficient (Wildman–Crippen LogP) is 6.47. The first-order valence-electron chi connectivity index (χ1n) is 10.4. The maximum atomic E-state index is 14.8. The zero-order valence-electron chi connectivity index (χ0n) is 18.6. The lowest BCUT2D eigenvalue weighted by molar-refractivity contribution is 0.102. The summed E-state index contributed by atoms with van der Waals surface area (Å²) >= 11 is 0. The van der Waals surface area contributed by atoms with Gasteiger partial charge in [0.15, 0.2) is 0 Å². The smallest absolute Gasteiger partial charge is 0.257 e. The van der Waals surface area contributed by atoms with Crippen molar-refractivity contribution >= 4 is 11.6 Å². The van der Waals surface area contributed by atoms with Crippen LogP contribution >= 0.6 is 0 Å². The Hall–Kier alpha value is -3.86. The van der Waals surface area contributed by atoms with Gasteiger partial charge in [-0.15, -0.1) is 0 Å². The summed E-state index contributed by atoms with van der Waals surface area (Å²) in [6, 6.07) is 21.7. The summed E-state index contributed by atoms with van der Waals surface area (Å²) in [5, 5.41) is 2.98. The van der Waals surface area contributed by atoms with Gasteiger partial charge in [-0.25, -0.2) is 4.39 Å². The second-order valence-electron chi connectivity index (χ2n) is 7.80. The summed E-state index contributed by atoms with van der Waals surface area (Å²) in [5.74, 6) is 0.125. The van der Waals surface area contributed by atoms with Crippen LogP contribution < -0.4 is 10.1 Å². The van der Waals surface area contributed by atoms with Gasteiger partial charge in [0.05, 0.1) is 24.1 Å². The number of carbonyl (C=O) groups is 1. The number of aromatic nitrogens is 1. The predicted molar refractivity (Wildman–Crippen MR) is 126 cm³/mol. The maximum Gasteiger partial charge on any atom is 0.257 e. The van der Waals surface area contributed by atoms with Gasteiger partial charge in [-0.05, 0) is 92.1 Å². The summed E-state index contributed by atoms with van der Waals surface area (Å²) in [7, 11) is 1.61. The molecule has 1 heterocycles. The van der Waals surface area contributed by atoms with E-state index >= 15 is 0 Å². The number of hydrogen-bond donors (Lipinski definition) is 1. The lowest BCUT2D eigenvalue weighted by Gasteiger charge is -2.13. The van der Waals surface area contributed by atoms with Gasteiger partial charge in [0.2, 0.25) is 0 Å². The zero-order valence-corrected chi connectivity index (χ0v) is 18.6. The van der Waals surface area contributed by atoms with Gasteiger partial charge in [-0.1, -0.05) is 18.2 Å². The number of carbonyl (C=O) groups excluding carboxylic acids is 1. The Morgan fingerprint density at radius 2 is 1.62 bits per heavy atom. The average molecular weight is 429 g/mol. The molecule has 1 N–H and O–H groups in total. The van der Waals surface area contributed by atoms with E-state index in [1.165, 1.54) is 6.07 Å². The first-order chi connectivity index (χ1) is 15.4. The van der Waals surface area contributed by atoms with Crippen LogP contribution in [0.1, 0.15) is 27.2 Å². The molecule has 0 fully saturated rings. The molecule has 4 nitrogen and oxygen atoms in total. The standard InChI is InChI=1S/C27H25FN2O2/c1-17-9-12-21(15-18(17)2)29-27(31)23-16-26(20-10-13-22(32-4)14-11-20)30(19(23)3)25-8-6-5-7-24(25)28/h5-16H,1-4H3,(H,29,31). The number of nitrogens with one attached hydrogen (secondary N) is 1.